The molecule has 0 aliphatic rings. The summed E-state index contributed by atoms with van der Waals surface area (Å²) in [5, 5.41) is 0.449. The SMILES string of the molecule is Cc1cccc(CS(=O)c2ccc(N)c(Cl)c2)c1. The van der Waals surface area contributed by atoms with E-state index < -0.39 is 10.8 Å². The number of anilines is 1. The molecule has 4 heteroatoms. The summed E-state index contributed by atoms with van der Waals surface area (Å²) < 4.78 is 12.2. The van der Waals surface area contributed by atoms with E-state index in [1.165, 1.54) is 5.56 Å². The minimum absolute atomic E-state index is 0.449. The molecular formula is C14H14ClNOS. The molecule has 2 rings (SSSR count). The topological polar surface area (TPSA) is 43.1 Å². The molecule has 0 saturated carbocycles. The van der Waals surface area contributed by atoms with Gasteiger partial charge in [-0.3, -0.25) is 4.21 Å². The van der Waals surface area contributed by atoms with Gasteiger partial charge in [-0.05, 0) is 30.7 Å². The summed E-state index contributed by atoms with van der Waals surface area (Å²) in [6, 6.07) is 13.1. The molecule has 0 aliphatic carbocycles. The lowest BCUT2D eigenvalue weighted by Crippen LogP contribution is -1.98. The number of halogens is 1. The van der Waals surface area contributed by atoms with Crippen LogP contribution in [0.5, 0.6) is 0 Å². The molecule has 0 amide bonds. The number of nitrogen functional groups attached to an aromatic ring is 1. The fourth-order valence-electron chi connectivity index (χ4n) is 1.69. The third-order valence-electron chi connectivity index (χ3n) is 2.62. The molecule has 2 N–H and O–H groups in total. The van der Waals surface area contributed by atoms with Crippen molar-refractivity contribution in [1.29, 1.82) is 0 Å². The van der Waals surface area contributed by atoms with Gasteiger partial charge in [-0.2, -0.15) is 0 Å². The van der Waals surface area contributed by atoms with E-state index in [4.69, 9.17) is 17.3 Å². The van der Waals surface area contributed by atoms with Gasteiger partial charge >= 0.3 is 0 Å². The predicted molar refractivity (Wildman–Crippen MR) is 77.2 cm³/mol. The van der Waals surface area contributed by atoms with Gasteiger partial charge in [0, 0.05) is 4.90 Å². The molecule has 0 radical (unpaired) electrons. The highest BCUT2D eigenvalue weighted by molar-refractivity contribution is 7.84. The Balaban J connectivity index is 2.19. The summed E-state index contributed by atoms with van der Waals surface area (Å²) >= 11 is 5.93. The van der Waals surface area contributed by atoms with Crippen molar-refractivity contribution in [2.75, 3.05) is 5.73 Å². The Kier molecular flexibility index (Phi) is 4.04. The first kappa shape index (κ1) is 13.1. The summed E-state index contributed by atoms with van der Waals surface area (Å²) in [7, 11) is -1.10. The minimum Gasteiger partial charge on any atom is -0.398 e. The second-order valence-electron chi connectivity index (χ2n) is 4.16. The highest BCUT2D eigenvalue weighted by Crippen LogP contribution is 2.23. The van der Waals surface area contributed by atoms with E-state index in [2.05, 4.69) is 0 Å². The maximum atomic E-state index is 12.2. The zero-order valence-electron chi connectivity index (χ0n) is 10.0. The van der Waals surface area contributed by atoms with Gasteiger partial charge in [0.05, 0.1) is 27.3 Å². The quantitative estimate of drug-likeness (QED) is 0.874. The van der Waals surface area contributed by atoms with Crippen molar-refractivity contribution in [2.24, 2.45) is 0 Å². The van der Waals surface area contributed by atoms with Gasteiger partial charge in [-0.1, -0.05) is 41.4 Å². The second kappa shape index (κ2) is 5.55. The number of hydrogen-bond acceptors (Lipinski definition) is 2. The van der Waals surface area contributed by atoms with E-state index in [0.29, 0.717) is 21.4 Å². The zero-order chi connectivity index (χ0) is 13.1. The van der Waals surface area contributed by atoms with Crippen LogP contribution in [0.1, 0.15) is 11.1 Å². The van der Waals surface area contributed by atoms with E-state index in [0.717, 1.165) is 5.56 Å². The van der Waals surface area contributed by atoms with E-state index >= 15 is 0 Å². The summed E-state index contributed by atoms with van der Waals surface area (Å²) in [5.41, 5.74) is 8.36. The Morgan fingerprint density at radius 1 is 1.22 bits per heavy atom. The van der Waals surface area contributed by atoms with E-state index in [9.17, 15) is 4.21 Å². The lowest BCUT2D eigenvalue weighted by molar-refractivity contribution is 0.682. The number of aryl methyl sites for hydroxylation is 1. The Morgan fingerprint density at radius 3 is 2.67 bits per heavy atom. The van der Waals surface area contributed by atoms with Crippen molar-refractivity contribution >= 4 is 28.1 Å². The largest absolute Gasteiger partial charge is 0.398 e. The van der Waals surface area contributed by atoms with Crippen molar-refractivity contribution in [1.82, 2.24) is 0 Å². The number of rotatable bonds is 3. The van der Waals surface area contributed by atoms with Crippen LogP contribution < -0.4 is 5.73 Å². The van der Waals surface area contributed by atoms with Gasteiger partial charge < -0.3 is 5.73 Å². The summed E-state index contributed by atoms with van der Waals surface area (Å²) in [4.78, 5) is 0.704. The van der Waals surface area contributed by atoms with Crippen LogP contribution in [0.15, 0.2) is 47.4 Å². The van der Waals surface area contributed by atoms with Crippen LogP contribution in [-0.2, 0) is 16.6 Å². The summed E-state index contributed by atoms with van der Waals surface area (Å²) in [6.45, 7) is 2.02. The fraction of sp³-hybridized carbons (Fsp3) is 0.143. The average molecular weight is 280 g/mol. The lowest BCUT2D eigenvalue weighted by atomic mass is 10.2. The molecule has 18 heavy (non-hydrogen) atoms. The molecule has 0 spiro atoms. The number of benzene rings is 2. The molecule has 2 aromatic carbocycles. The predicted octanol–water partition coefficient (Wildman–Crippen LogP) is 3.54. The Hall–Kier alpha value is -1.32. The Bertz CT molecular complexity index is 598. The van der Waals surface area contributed by atoms with Crippen LogP contribution >= 0.6 is 11.6 Å². The number of hydrogen-bond donors (Lipinski definition) is 1. The first-order valence-electron chi connectivity index (χ1n) is 5.55. The minimum atomic E-state index is -1.10. The fourth-order valence-corrected chi connectivity index (χ4v) is 3.05. The van der Waals surface area contributed by atoms with Crippen LogP contribution in [0.3, 0.4) is 0 Å². The van der Waals surface area contributed by atoms with Crippen LogP contribution in [0.2, 0.25) is 5.02 Å². The first-order chi connectivity index (χ1) is 8.56. The van der Waals surface area contributed by atoms with Gasteiger partial charge in [-0.25, -0.2) is 0 Å². The molecule has 0 aromatic heterocycles. The molecular weight excluding hydrogens is 266 g/mol. The highest BCUT2D eigenvalue weighted by Gasteiger charge is 2.07. The maximum absolute atomic E-state index is 12.2. The van der Waals surface area contributed by atoms with Gasteiger partial charge in [0.15, 0.2) is 0 Å². The van der Waals surface area contributed by atoms with Crippen LogP contribution in [-0.4, -0.2) is 4.21 Å². The molecule has 0 saturated heterocycles. The van der Waals surface area contributed by atoms with E-state index in [1.54, 1.807) is 18.2 Å². The highest BCUT2D eigenvalue weighted by atomic mass is 35.5. The van der Waals surface area contributed by atoms with Crippen molar-refractivity contribution in [3.8, 4) is 0 Å². The Morgan fingerprint density at radius 2 is 2.00 bits per heavy atom. The third-order valence-corrected chi connectivity index (χ3v) is 4.32. The van der Waals surface area contributed by atoms with Gasteiger partial charge in [0.1, 0.15) is 0 Å². The molecule has 2 aromatic rings. The molecule has 0 fully saturated rings. The van der Waals surface area contributed by atoms with Gasteiger partial charge in [-0.15, -0.1) is 0 Å². The third kappa shape index (κ3) is 3.12. The molecule has 0 bridgehead atoms. The second-order valence-corrected chi connectivity index (χ2v) is 6.02. The lowest BCUT2D eigenvalue weighted by Gasteiger charge is -2.05. The maximum Gasteiger partial charge on any atom is 0.0647 e. The first-order valence-corrected chi connectivity index (χ1v) is 7.25. The molecule has 0 aliphatic heterocycles. The van der Waals surface area contributed by atoms with Crippen LogP contribution in [0, 0.1) is 6.92 Å². The zero-order valence-corrected chi connectivity index (χ0v) is 11.6. The van der Waals surface area contributed by atoms with Crippen molar-refractivity contribution in [3.63, 3.8) is 0 Å². The average Bonchev–Trinajstić information content (AvgIpc) is 2.32. The normalized spacial score (nSPS) is 12.3. The summed E-state index contributed by atoms with van der Waals surface area (Å²) in [6.07, 6.45) is 0. The number of nitrogens with two attached hydrogens (primary N) is 1. The van der Waals surface area contributed by atoms with Crippen LogP contribution in [0.25, 0.3) is 0 Å². The Labute approximate surface area is 114 Å². The molecule has 2 nitrogen and oxygen atoms in total. The van der Waals surface area contributed by atoms with E-state index in [-0.39, 0.29) is 0 Å². The van der Waals surface area contributed by atoms with E-state index in [1.807, 2.05) is 31.2 Å². The van der Waals surface area contributed by atoms with Crippen molar-refractivity contribution in [3.05, 3.63) is 58.6 Å². The van der Waals surface area contributed by atoms with Crippen LogP contribution in [0.4, 0.5) is 5.69 Å². The summed E-state index contributed by atoms with van der Waals surface area (Å²) in [5.74, 6) is 0.488. The molecule has 0 heterocycles. The monoisotopic (exact) mass is 279 g/mol. The van der Waals surface area contributed by atoms with Gasteiger partial charge in [0.2, 0.25) is 0 Å². The van der Waals surface area contributed by atoms with Crippen molar-refractivity contribution < 1.29 is 4.21 Å². The molecule has 94 valence electrons. The van der Waals surface area contributed by atoms with Crippen molar-refractivity contribution in [2.45, 2.75) is 17.6 Å². The standard InChI is InChI=1S/C14H14ClNOS/c1-10-3-2-4-11(7-10)9-18(17)12-5-6-14(16)13(15)8-12/h2-8H,9,16H2,1H3. The molecule has 1 unspecified atom stereocenters. The smallest absolute Gasteiger partial charge is 0.0647 e. The molecule has 1 atom stereocenters. The van der Waals surface area contributed by atoms with Gasteiger partial charge in [0.25, 0.3) is 0 Å².